The van der Waals surface area contributed by atoms with Crippen molar-refractivity contribution in [3.63, 3.8) is 0 Å². The van der Waals surface area contributed by atoms with Crippen molar-refractivity contribution in [2.75, 3.05) is 12.8 Å². The summed E-state index contributed by atoms with van der Waals surface area (Å²) in [4.78, 5) is 4.34. The SMILES string of the molecule is CCC(C)(CN)c1nc(CSC)no1. The van der Waals surface area contributed by atoms with Gasteiger partial charge in [0.25, 0.3) is 0 Å². The largest absolute Gasteiger partial charge is 0.339 e. The Bertz CT molecular complexity index is 283. The molecular weight excluding hydrogens is 198 g/mol. The van der Waals surface area contributed by atoms with Gasteiger partial charge in [0.05, 0.1) is 11.2 Å². The molecule has 1 heterocycles. The van der Waals surface area contributed by atoms with Gasteiger partial charge in [0.2, 0.25) is 5.89 Å². The molecule has 0 amide bonds. The van der Waals surface area contributed by atoms with E-state index in [-0.39, 0.29) is 5.41 Å². The number of aromatic nitrogens is 2. The minimum absolute atomic E-state index is 0.177. The van der Waals surface area contributed by atoms with Gasteiger partial charge in [-0.25, -0.2) is 0 Å². The summed E-state index contributed by atoms with van der Waals surface area (Å²) in [5, 5.41) is 3.91. The number of thioether (sulfide) groups is 1. The summed E-state index contributed by atoms with van der Waals surface area (Å²) < 4.78 is 5.21. The molecule has 1 atom stereocenters. The smallest absolute Gasteiger partial charge is 0.233 e. The zero-order chi connectivity index (χ0) is 10.6. The molecule has 0 fully saturated rings. The van der Waals surface area contributed by atoms with Gasteiger partial charge in [-0.15, -0.1) is 0 Å². The summed E-state index contributed by atoms with van der Waals surface area (Å²) in [5.41, 5.74) is 5.52. The summed E-state index contributed by atoms with van der Waals surface area (Å²) >= 11 is 1.68. The lowest BCUT2D eigenvalue weighted by Crippen LogP contribution is -2.31. The molecule has 4 nitrogen and oxygen atoms in total. The third-order valence-corrected chi connectivity index (χ3v) is 3.04. The average molecular weight is 215 g/mol. The second-order valence-corrected chi connectivity index (χ2v) is 4.43. The Kier molecular flexibility index (Phi) is 3.95. The minimum Gasteiger partial charge on any atom is -0.339 e. The fourth-order valence-electron chi connectivity index (χ4n) is 1.07. The predicted molar refractivity (Wildman–Crippen MR) is 58.2 cm³/mol. The molecule has 14 heavy (non-hydrogen) atoms. The number of nitrogens with zero attached hydrogens (tertiary/aromatic N) is 2. The minimum atomic E-state index is -0.177. The number of hydrogen-bond acceptors (Lipinski definition) is 5. The lowest BCUT2D eigenvalue weighted by Gasteiger charge is -2.20. The number of hydrogen-bond donors (Lipinski definition) is 1. The highest BCUT2D eigenvalue weighted by Crippen LogP contribution is 2.24. The molecule has 0 aromatic carbocycles. The van der Waals surface area contributed by atoms with Crippen LogP contribution >= 0.6 is 11.8 Å². The highest BCUT2D eigenvalue weighted by molar-refractivity contribution is 7.97. The van der Waals surface area contributed by atoms with Crippen LogP contribution in [0.5, 0.6) is 0 Å². The summed E-state index contributed by atoms with van der Waals surface area (Å²) in [6.45, 7) is 4.65. The van der Waals surface area contributed by atoms with Crippen molar-refractivity contribution in [2.24, 2.45) is 5.73 Å². The van der Waals surface area contributed by atoms with E-state index in [1.54, 1.807) is 11.8 Å². The third-order valence-electron chi connectivity index (χ3n) is 2.49. The molecule has 2 N–H and O–H groups in total. The maximum Gasteiger partial charge on any atom is 0.233 e. The van der Waals surface area contributed by atoms with E-state index in [1.165, 1.54) is 0 Å². The molecule has 0 bridgehead atoms. The molecule has 0 saturated carbocycles. The molecule has 0 spiro atoms. The van der Waals surface area contributed by atoms with E-state index in [2.05, 4.69) is 17.1 Å². The first-order chi connectivity index (χ1) is 6.66. The van der Waals surface area contributed by atoms with Crippen molar-refractivity contribution in [1.82, 2.24) is 10.1 Å². The molecule has 0 radical (unpaired) electrons. The first-order valence-corrected chi connectivity index (χ1v) is 6.07. The Balaban J connectivity index is 2.84. The van der Waals surface area contributed by atoms with Crippen molar-refractivity contribution < 1.29 is 4.52 Å². The van der Waals surface area contributed by atoms with Gasteiger partial charge < -0.3 is 10.3 Å². The second-order valence-electron chi connectivity index (χ2n) is 3.57. The van der Waals surface area contributed by atoms with Crippen LogP contribution in [0.25, 0.3) is 0 Å². The van der Waals surface area contributed by atoms with Crippen LogP contribution in [0.1, 0.15) is 32.0 Å². The molecule has 0 aliphatic rings. The summed E-state index contributed by atoms with van der Waals surface area (Å²) in [5.74, 6) is 2.20. The standard InChI is InChI=1S/C9H17N3OS/c1-4-9(2,6-10)8-11-7(5-14-3)12-13-8/h4-6,10H2,1-3H3. The van der Waals surface area contributed by atoms with Gasteiger partial charge >= 0.3 is 0 Å². The molecule has 1 aromatic rings. The molecule has 1 rings (SSSR count). The maximum atomic E-state index is 5.70. The quantitative estimate of drug-likeness (QED) is 0.807. The van der Waals surface area contributed by atoms with Crippen LogP contribution in [0.4, 0.5) is 0 Å². The topological polar surface area (TPSA) is 64.9 Å². The van der Waals surface area contributed by atoms with Crippen LogP contribution < -0.4 is 5.73 Å². The number of rotatable bonds is 5. The fourth-order valence-corrected chi connectivity index (χ4v) is 1.45. The van der Waals surface area contributed by atoms with Crippen molar-refractivity contribution in [2.45, 2.75) is 31.4 Å². The molecule has 0 aliphatic heterocycles. The normalized spacial score (nSPS) is 15.4. The number of nitrogens with two attached hydrogens (primary N) is 1. The van der Waals surface area contributed by atoms with E-state index < -0.39 is 0 Å². The van der Waals surface area contributed by atoms with Gasteiger partial charge in [0.1, 0.15) is 0 Å². The monoisotopic (exact) mass is 215 g/mol. The highest BCUT2D eigenvalue weighted by atomic mass is 32.2. The zero-order valence-electron chi connectivity index (χ0n) is 8.91. The van der Waals surface area contributed by atoms with Gasteiger partial charge in [0, 0.05) is 6.54 Å². The van der Waals surface area contributed by atoms with Gasteiger partial charge in [-0.2, -0.15) is 16.7 Å². The summed E-state index contributed by atoms with van der Waals surface area (Å²) in [7, 11) is 0. The molecule has 0 aliphatic carbocycles. The van der Waals surface area contributed by atoms with Crippen molar-refractivity contribution in [3.05, 3.63) is 11.7 Å². The van der Waals surface area contributed by atoms with E-state index in [1.807, 2.05) is 13.2 Å². The Morgan fingerprint density at radius 3 is 2.79 bits per heavy atom. The van der Waals surface area contributed by atoms with E-state index >= 15 is 0 Å². The van der Waals surface area contributed by atoms with Crippen molar-refractivity contribution >= 4 is 11.8 Å². The highest BCUT2D eigenvalue weighted by Gasteiger charge is 2.29. The fraction of sp³-hybridized carbons (Fsp3) is 0.778. The van der Waals surface area contributed by atoms with Crippen LogP contribution in [0.3, 0.4) is 0 Å². The molecular formula is C9H17N3OS. The van der Waals surface area contributed by atoms with E-state index in [4.69, 9.17) is 10.3 Å². The zero-order valence-corrected chi connectivity index (χ0v) is 9.73. The lowest BCUT2D eigenvalue weighted by molar-refractivity contribution is 0.289. The Labute approximate surface area is 88.6 Å². The van der Waals surface area contributed by atoms with Crippen LogP contribution in [-0.4, -0.2) is 22.9 Å². The van der Waals surface area contributed by atoms with Crippen LogP contribution in [0.2, 0.25) is 0 Å². The first kappa shape index (κ1) is 11.5. The lowest BCUT2D eigenvalue weighted by atomic mass is 9.88. The molecule has 5 heteroatoms. The average Bonchev–Trinajstić information content (AvgIpc) is 2.66. The molecule has 1 unspecified atom stereocenters. The summed E-state index contributed by atoms with van der Waals surface area (Å²) in [6.07, 6.45) is 2.92. The third kappa shape index (κ3) is 2.27. The van der Waals surface area contributed by atoms with E-state index in [0.717, 1.165) is 18.0 Å². The molecule has 1 aromatic heterocycles. The summed E-state index contributed by atoms with van der Waals surface area (Å²) in [6, 6.07) is 0. The molecule has 0 saturated heterocycles. The van der Waals surface area contributed by atoms with E-state index in [9.17, 15) is 0 Å². The Hall–Kier alpha value is -0.550. The van der Waals surface area contributed by atoms with Crippen LogP contribution in [0, 0.1) is 0 Å². The van der Waals surface area contributed by atoms with Crippen molar-refractivity contribution in [3.8, 4) is 0 Å². The van der Waals surface area contributed by atoms with Gasteiger partial charge in [-0.3, -0.25) is 0 Å². The maximum absolute atomic E-state index is 5.70. The van der Waals surface area contributed by atoms with Gasteiger partial charge in [0.15, 0.2) is 5.82 Å². The second kappa shape index (κ2) is 4.79. The molecule has 80 valence electrons. The predicted octanol–water partition coefficient (Wildman–Crippen LogP) is 1.56. The van der Waals surface area contributed by atoms with Crippen LogP contribution in [-0.2, 0) is 11.2 Å². The van der Waals surface area contributed by atoms with Gasteiger partial charge in [-0.05, 0) is 19.6 Å². The van der Waals surface area contributed by atoms with Gasteiger partial charge in [-0.1, -0.05) is 12.1 Å². The van der Waals surface area contributed by atoms with E-state index in [0.29, 0.717) is 12.4 Å². The Morgan fingerprint density at radius 1 is 1.57 bits per heavy atom. The van der Waals surface area contributed by atoms with Crippen LogP contribution in [0.15, 0.2) is 4.52 Å². The van der Waals surface area contributed by atoms with Crippen molar-refractivity contribution in [1.29, 1.82) is 0 Å². The first-order valence-electron chi connectivity index (χ1n) is 4.68. The Morgan fingerprint density at radius 2 is 2.29 bits per heavy atom.